The van der Waals surface area contributed by atoms with Gasteiger partial charge in [0.15, 0.2) is 5.69 Å². The molecule has 138 valence electrons. The summed E-state index contributed by atoms with van der Waals surface area (Å²) >= 11 is 0. The Kier molecular flexibility index (Phi) is 4.58. The van der Waals surface area contributed by atoms with Crippen LogP contribution in [0, 0.1) is 5.82 Å². The molecule has 2 N–H and O–H groups in total. The van der Waals surface area contributed by atoms with Crippen LogP contribution in [0.1, 0.15) is 46.8 Å². The smallest absolute Gasteiger partial charge is 0.287 e. The first kappa shape index (κ1) is 17.2. The number of rotatable bonds is 4. The lowest BCUT2D eigenvalue weighted by atomic mass is 10.2. The van der Waals surface area contributed by atoms with E-state index in [1.165, 1.54) is 18.2 Å². The molecule has 1 aromatic carbocycles. The number of nitrogens with one attached hydrogen (secondary N) is 2. The van der Waals surface area contributed by atoms with Gasteiger partial charge in [0, 0.05) is 17.9 Å². The van der Waals surface area contributed by atoms with Gasteiger partial charge >= 0.3 is 0 Å². The van der Waals surface area contributed by atoms with Crippen molar-refractivity contribution in [3.63, 3.8) is 0 Å². The van der Waals surface area contributed by atoms with Crippen molar-refractivity contribution >= 4 is 23.0 Å². The minimum atomic E-state index is -0.496. The zero-order valence-corrected chi connectivity index (χ0v) is 14.6. The van der Waals surface area contributed by atoms with Crippen molar-refractivity contribution in [2.45, 2.75) is 31.7 Å². The highest BCUT2D eigenvalue weighted by Crippen LogP contribution is 2.20. The van der Waals surface area contributed by atoms with Crippen LogP contribution >= 0.6 is 0 Å². The molecule has 6 nitrogen and oxygen atoms in total. The van der Waals surface area contributed by atoms with E-state index in [-0.39, 0.29) is 23.5 Å². The summed E-state index contributed by atoms with van der Waals surface area (Å²) in [5, 5.41) is 5.62. The molecule has 0 atom stereocenters. The Morgan fingerprint density at radius 3 is 2.67 bits per heavy atom. The van der Waals surface area contributed by atoms with Gasteiger partial charge < -0.3 is 10.6 Å². The Morgan fingerprint density at radius 1 is 1.07 bits per heavy atom. The van der Waals surface area contributed by atoms with Crippen molar-refractivity contribution in [3.8, 4) is 0 Å². The number of carbonyl (C=O) groups excluding carboxylic acids is 2. The molecule has 1 aliphatic rings. The molecule has 2 heterocycles. The van der Waals surface area contributed by atoms with Crippen LogP contribution in [0.3, 0.4) is 0 Å². The number of pyridine rings is 1. The number of carbonyl (C=O) groups is 2. The van der Waals surface area contributed by atoms with Crippen LogP contribution in [0.5, 0.6) is 0 Å². The first-order chi connectivity index (χ1) is 13.1. The molecule has 2 amide bonds. The van der Waals surface area contributed by atoms with Crippen molar-refractivity contribution in [1.29, 1.82) is 0 Å². The van der Waals surface area contributed by atoms with Crippen molar-refractivity contribution < 1.29 is 14.0 Å². The van der Waals surface area contributed by atoms with Gasteiger partial charge in [-0.1, -0.05) is 25.0 Å². The summed E-state index contributed by atoms with van der Waals surface area (Å²) in [5.41, 5.74) is 0.966. The van der Waals surface area contributed by atoms with Gasteiger partial charge in [-0.05, 0) is 43.2 Å². The number of halogens is 1. The molecule has 27 heavy (non-hydrogen) atoms. The summed E-state index contributed by atoms with van der Waals surface area (Å²) in [6.07, 6.45) is 5.83. The highest BCUT2D eigenvalue weighted by molar-refractivity contribution is 6.08. The number of nitrogens with zero attached hydrogens (tertiary/aromatic N) is 2. The van der Waals surface area contributed by atoms with Crippen LogP contribution in [-0.2, 0) is 0 Å². The largest absolute Gasteiger partial charge is 0.347 e. The molecule has 1 aliphatic carbocycles. The van der Waals surface area contributed by atoms with Crippen molar-refractivity contribution in [1.82, 2.24) is 14.7 Å². The molecule has 0 unspecified atom stereocenters. The molecular weight excluding hydrogens is 347 g/mol. The van der Waals surface area contributed by atoms with E-state index in [9.17, 15) is 14.0 Å². The van der Waals surface area contributed by atoms with Crippen LogP contribution in [0.2, 0.25) is 0 Å². The molecule has 0 radical (unpaired) electrons. The highest BCUT2D eigenvalue weighted by Gasteiger charge is 2.24. The summed E-state index contributed by atoms with van der Waals surface area (Å²) in [7, 11) is 0. The molecule has 3 aromatic rings. The number of hydrogen-bond donors (Lipinski definition) is 2. The van der Waals surface area contributed by atoms with Crippen LogP contribution in [0.15, 0.2) is 48.7 Å². The Morgan fingerprint density at radius 2 is 1.89 bits per heavy atom. The van der Waals surface area contributed by atoms with Gasteiger partial charge in [-0.3, -0.25) is 14.0 Å². The van der Waals surface area contributed by atoms with E-state index in [1.807, 2.05) is 0 Å². The average Bonchev–Trinajstić information content (AvgIpc) is 3.29. The van der Waals surface area contributed by atoms with Gasteiger partial charge in [0.1, 0.15) is 5.82 Å². The van der Waals surface area contributed by atoms with Crippen LogP contribution in [0.4, 0.5) is 10.1 Å². The van der Waals surface area contributed by atoms with E-state index < -0.39 is 11.7 Å². The van der Waals surface area contributed by atoms with Crippen molar-refractivity contribution in [2.24, 2.45) is 0 Å². The predicted molar refractivity (Wildman–Crippen MR) is 99.3 cm³/mol. The van der Waals surface area contributed by atoms with E-state index >= 15 is 0 Å². The van der Waals surface area contributed by atoms with Crippen molar-refractivity contribution in [3.05, 3.63) is 66.0 Å². The van der Waals surface area contributed by atoms with Crippen LogP contribution < -0.4 is 10.6 Å². The Hall–Kier alpha value is -3.22. The number of amides is 2. The van der Waals surface area contributed by atoms with Gasteiger partial charge in [-0.25, -0.2) is 9.37 Å². The SMILES string of the molecule is O=C(Nc1cccc(F)c1)c1nc(C(=O)NC2CCCC2)n2ccccc12. The van der Waals surface area contributed by atoms with E-state index in [0.29, 0.717) is 11.2 Å². The number of hydrogen-bond acceptors (Lipinski definition) is 3. The average molecular weight is 366 g/mol. The Balaban J connectivity index is 1.64. The summed E-state index contributed by atoms with van der Waals surface area (Å²) in [4.78, 5) is 29.7. The second-order valence-electron chi connectivity index (χ2n) is 6.66. The minimum absolute atomic E-state index is 0.122. The second kappa shape index (κ2) is 7.19. The lowest BCUT2D eigenvalue weighted by Gasteiger charge is -2.10. The van der Waals surface area contributed by atoms with E-state index in [0.717, 1.165) is 25.7 Å². The van der Waals surface area contributed by atoms with E-state index in [2.05, 4.69) is 15.6 Å². The first-order valence-electron chi connectivity index (χ1n) is 8.97. The van der Waals surface area contributed by atoms with Gasteiger partial charge in [0.2, 0.25) is 5.82 Å². The lowest BCUT2D eigenvalue weighted by molar-refractivity contribution is 0.0926. The fraction of sp³-hybridized carbons (Fsp3) is 0.250. The quantitative estimate of drug-likeness (QED) is 0.743. The maximum absolute atomic E-state index is 13.4. The predicted octanol–water partition coefficient (Wildman–Crippen LogP) is 3.40. The van der Waals surface area contributed by atoms with Gasteiger partial charge in [-0.15, -0.1) is 0 Å². The lowest BCUT2D eigenvalue weighted by Crippen LogP contribution is -2.33. The second-order valence-corrected chi connectivity index (χ2v) is 6.66. The molecular formula is C20H19FN4O2. The van der Waals surface area contributed by atoms with Crippen molar-refractivity contribution in [2.75, 3.05) is 5.32 Å². The maximum atomic E-state index is 13.4. The van der Waals surface area contributed by atoms with E-state index in [4.69, 9.17) is 0 Å². The number of aromatic nitrogens is 2. The van der Waals surface area contributed by atoms with E-state index in [1.54, 1.807) is 34.9 Å². The summed E-state index contributed by atoms with van der Waals surface area (Å²) in [6.45, 7) is 0. The van der Waals surface area contributed by atoms with Gasteiger partial charge in [-0.2, -0.15) is 0 Å². The Bertz CT molecular complexity index is 1010. The highest BCUT2D eigenvalue weighted by atomic mass is 19.1. The molecule has 0 aliphatic heterocycles. The molecule has 7 heteroatoms. The third-order valence-corrected chi connectivity index (χ3v) is 4.74. The molecule has 0 bridgehead atoms. The van der Waals surface area contributed by atoms with Gasteiger partial charge in [0.25, 0.3) is 11.8 Å². The normalized spacial score (nSPS) is 14.4. The summed E-state index contributed by atoms with van der Waals surface area (Å²) in [6, 6.07) is 11.0. The monoisotopic (exact) mass is 366 g/mol. The molecule has 1 saturated carbocycles. The third kappa shape index (κ3) is 3.53. The standard InChI is InChI=1S/C20H19FN4O2/c21-13-6-5-9-15(12-13)23-19(26)17-16-10-3-4-11-25(16)18(24-17)20(27)22-14-7-1-2-8-14/h3-6,9-12,14H,1-2,7-8H2,(H,22,27)(H,23,26). The first-order valence-corrected chi connectivity index (χ1v) is 8.97. The molecule has 4 rings (SSSR count). The van der Waals surface area contributed by atoms with Gasteiger partial charge in [0.05, 0.1) is 5.52 Å². The topological polar surface area (TPSA) is 75.5 Å². The third-order valence-electron chi connectivity index (χ3n) is 4.74. The molecule has 0 spiro atoms. The fourth-order valence-corrected chi connectivity index (χ4v) is 3.44. The summed E-state index contributed by atoms with van der Waals surface area (Å²) in [5.74, 6) is -1.07. The number of fused-ring (bicyclic) bond motifs is 1. The minimum Gasteiger partial charge on any atom is -0.347 e. The molecule has 1 fully saturated rings. The molecule has 0 saturated heterocycles. The zero-order valence-electron chi connectivity index (χ0n) is 14.6. The maximum Gasteiger partial charge on any atom is 0.287 e. The fourth-order valence-electron chi connectivity index (χ4n) is 3.44. The van der Waals surface area contributed by atoms with Crippen LogP contribution in [0.25, 0.3) is 5.52 Å². The molecule has 2 aromatic heterocycles. The number of benzene rings is 1. The van der Waals surface area contributed by atoms with Crippen LogP contribution in [-0.4, -0.2) is 27.2 Å². The number of imidazole rings is 1. The number of anilines is 1. The zero-order chi connectivity index (χ0) is 18.8. The summed E-state index contributed by atoms with van der Waals surface area (Å²) < 4.78 is 15.0. The Labute approximate surface area is 155 Å².